The summed E-state index contributed by atoms with van der Waals surface area (Å²) in [7, 11) is -4.43. The number of thiazole rings is 1. The van der Waals surface area contributed by atoms with Crippen molar-refractivity contribution in [3.05, 3.63) is 77.1 Å². The second-order valence-electron chi connectivity index (χ2n) is 7.61. The van der Waals surface area contributed by atoms with Gasteiger partial charge in [0.1, 0.15) is 10.5 Å². The standard InChI is InChI=1S/C22H21N5O5S2/c1-14-23-21(32-25-14)27(15(2)28)22(3,17-9-11-18(12-10-17)26-34(29,30)31)19-13-33-20(24-19)16-7-5-4-6-8-16/h4-13,26H,1-3H3,(H,29,30,31)/t22-/m0/s1. The van der Waals surface area contributed by atoms with E-state index in [1.807, 2.05) is 40.4 Å². The van der Waals surface area contributed by atoms with Gasteiger partial charge in [0.2, 0.25) is 5.91 Å². The minimum Gasteiger partial charge on any atom is -0.315 e. The summed E-state index contributed by atoms with van der Waals surface area (Å²) in [4.78, 5) is 23.4. The monoisotopic (exact) mass is 499 g/mol. The third kappa shape index (κ3) is 4.69. The van der Waals surface area contributed by atoms with Crippen molar-refractivity contribution in [1.82, 2.24) is 15.1 Å². The van der Waals surface area contributed by atoms with Gasteiger partial charge in [-0.25, -0.2) is 9.88 Å². The number of hydrogen-bond donors (Lipinski definition) is 2. The molecule has 0 saturated heterocycles. The summed E-state index contributed by atoms with van der Waals surface area (Å²) < 4.78 is 38.8. The molecule has 1 amide bonds. The Bertz CT molecular complexity index is 1420. The van der Waals surface area contributed by atoms with Crippen molar-refractivity contribution < 1.29 is 22.3 Å². The van der Waals surface area contributed by atoms with Gasteiger partial charge in [-0.2, -0.15) is 13.4 Å². The third-order valence-corrected chi connectivity index (χ3v) is 6.57. The molecule has 4 rings (SSSR count). The Hall–Kier alpha value is -3.61. The predicted molar refractivity (Wildman–Crippen MR) is 128 cm³/mol. The molecule has 0 saturated carbocycles. The number of nitrogens with one attached hydrogen (secondary N) is 1. The number of carbonyl (C=O) groups excluding carboxylic acids is 1. The summed E-state index contributed by atoms with van der Waals surface area (Å²) in [6, 6.07) is 15.9. The molecule has 0 fully saturated rings. The van der Waals surface area contributed by atoms with Gasteiger partial charge in [-0.05, 0) is 31.5 Å². The van der Waals surface area contributed by atoms with Gasteiger partial charge in [0.05, 0.1) is 11.4 Å². The molecule has 0 radical (unpaired) electrons. The fourth-order valence-electron chi connectivity index (χ4n) is 3.63. The van der Waals surface area contributed by atoms with Crippen molar-refractivity contribution >= 4 is 39.3 Å². The van der Waals surface area contributed by atoms with E-state index < -0.39 is 15.8 Å². The normalized spacial score (nSPS) is 13.3. The Balaban J connectivity index is 1.87. The quantitative estimate of drug-likeness (QED) is 0.363. The third-order valence-electron chi connectivity index (χ3n) is 5.19. The lowest BCUT2D eigenvalue weighted by Crippen LogP contribution is -2.48. The van der Waals surface area contributed by atoms with E-state index in [4.69, 9.17) is 14.1 Å². The maximum atomic E-state index is 12.9. The molecule has 1 atom stereocenters. The van der Waals surface area contributed by atoms with Crippen LogP contribution >= 0.6 is 11.3 Å². The molecule has 10 nitrogen and oxygen atoms in total. The van der Waals surface area contributed by atoms with Gasteiger partial charge >= 0.3 is 16.3 Å². The SMILES string of the molecule is CC(=O)N(c1nc(C)no1)[C@@](C)(c1ccc(NS(=O)(=O)O)cc1)c1csc(-c2ccccc2)n1. The highest BCUT2D eigenvalue weighted by Crippen LogP contribution is 2.40. The Kier molecular flexibility index (Phi) is 6.21. The molecule has 0 unspecified atom stereocenters. The van der Waals surface area contributed by atoms with Crippen LogP contribution in [0.2, 0.25) is 0 Å². The lowest BCUT2D eigenvalue weighted by molar-refractivity contribution is -0.117. The van der Waals surface area contributed by atoms with Crippen LogP contribution in [-0.2, 0) is 20.6 Å². The van der Waals surface area contributed by atoms with Gasteiger partial charge in [0.15, 0.2) is 5.82 Å². The Labute approximate surface area is 200 Å². The van der Waals surface area contributed by atoms with E-state index in [0.29, 0.717) is 17.1 Å². The second-order valence-corrected chi connectivity index (χ2v) is 9.62. The van der Waals surface area contributed by atoms with Gasteiger partial charge in [0, 0.05) is 17.9 Å². The number of rotatable bonds is 7. The molecule has 0 aliphatic carbocycles. The zero-order valence-electron chi connectivity index (χ0n) is 18.5. The van der Waals surface area contributed by atoms with Crippen LogP contribution in [0.4, 0.5) is 11.7 Å². The highest BCUT2D eigenvalue weighted by molar-refractivity contribution is 7.87. The number of carbonyl (C=O) groups is 1. The Morgan fingerprint density at radius 3 is 2.35 bits per heavy atom. The second kappa shape index (κ2) is 8.97. The number of amides is 1. The average molecular weight is 500 g/mol. The minimum atomic E-state index is -4.43. The Morgan fingerprint density at radius 2 is 1.79 bits per heavy atom. The van der Waals surface area contributed by atoms with E-state index in [9.17, 15) is 13.2 Å². The number of nitrogens with zero attached hydrogens (tertiary/aromatic N) is 4. The van der Waals surface area contributed by atoms with Gasteiger partial charge in [-0.15, -0.1) is 11.3 Å². The topological polar surface area (TPSA) is 139 Å². The highest BCUT2D eigenvalue weighted by atomic mass is 32.2. The molecule has 2 aromatic carbocycles. The van der Waals surface area contributed by atoms with Crippen LogP contribution in [0.5, 0.6) is 0 Å². The summed E-state index contributed by atoms with van der Waals surface area (Å²) in [6.07, 6.45) is 0. The van der Waals surface area contributed by atoms with Crippen molar-refractivity contribution in [2.24, 2.45) is 0 Å². The fraction of sp³-hybridized carbons (Fsp3) is 0.182. The van der Waals surface area contributed by atoms with Crippen molar-refractivity contribution in [3.63, 3.8) is 0 Å². The lowest BCUT2D eigenvalue weighted by Gasteiger charge is -2.37. The van der Waals surface area contributed by atoms with Crippen LogP contribution in [-0.4, -0.2) is 34.0 Å². The van der Waals surface area contributed by atoms with Crippen molar-refractivity contribution in [2.45, 2.75) is 26.3 Å². The molecule has 0 spiro atoms. The summed E-state index contributed by atoms with van der Waals surface area (Å²) in [5.41, 5.74) is 1.05. The summed E-state index contributed by atoms with van der Waals surface area (Å²) in [5.74, 6) is 0.0000938. The van der Waals surface area contributed by atoms with Gasteiger partial charge in [-0.1, -0.05) is 47.6 Å². The summed E-state index contributed by atoms with van der Waals surface area (Å²) in [5, 5.41) is 6.44. The van der Waals surface area contributed by atoms with E-state index in [-0.39, 0.29) is 17.6 Å². The van der Waals surface area contributed by atoms with Gasteiger partial charge in [-0.3, -0.25) is 14.1 Å². The van der Waals surface area contributed by atoms with E-state index in [1.165, 1.54) is 35.3 Å². The number of aromatic nitrogens is 3. The smallest absolute Gasteiger partial charge is 0.315 e. The van der Waals surface area contributed by atoms with E-state index >= 15 is 0 Å². The fourth-order valence-corrected chi connectivity index (χ4v) is 4.99. The first-order chi connectivity index (χ1) is 16.1. The number of aryl methyl sites for hydroxylation is 1. The molecule has 2 heterocycles. The van der Waals surface area contributed by atoms with Crippen LogP contribution in [0.1, 0.15) is 30.9 Å². The highest BCUT2D eigenvalue weighted by Gasteiger charge is 2.43. The number of hydrogen-bond acceptors (Lipinski definition) is 8. The van der Waals surface area contributed by atoms with Crippen LogP contribution < -0.4 is 9.62 Å². The zero-order chi connectivity index (χ0) is 24.5. The molecule has 4 aromatic rings. The first kappa shape index (κ1) is 23.5. The first-order valence-corrected chi connectivity index (χ1v) is 12.4. The average Bonchev–Trinajstić information content (AvgIpc) is 3.43. The van der Waals surface area contributed by atoms with Gasteiger partial charge in [0.25, 0.3) is 0 Å². The van der Waals surface area contributed by atoms with E-state index in [0.717, 1.165) is 10.6 Å². The maximum absolute atomic E-state index is 12.9. The summed E-state index contributed by atoms with van der Waals surface area (Å²) in [6.45, 7) is 4.83. The number of anilines is 2. The summed E-state index contributed by atoms with van der Waals surface area (Å²) >= 11 is 1.42. The molecule has 2 aromatic heterocycles. The molecule has 0 bridgehead atoms. The molecule has 12 heteroatoms. The largest absolute Gasteiger partial charge is 0.357 e. The van der Waals surface area contributed by atoms with Crippen molar-refractivity contribution in [3.8, 4) is 10.6 Å². The van der Waals surface area contributed by atoms with Crippen LogP contribution in [0.15, 0.2) is 64.5 Å². The molecule has 0 aliphatic heterocycles. The maximum Gasteiger partial charge on any atom is 0.357 e. The molecule has 34 heavy (non-hydrogen) atoms. The lowest BCUT2D eigenvalue weighted by atomic mass is 9.87. The van der Waals surface area contributed by atoms with Crippen molar-refractivity contribution in [2.75, 3.05) is 9.62 Å². The predicted octanol–water partition coefficient (Wildman–Crippen LogP) is 4.03. The number of benzene rings is 2. The molecule has 176 valence electrons. The van der Waals surface area contributed by atoms with Crippen molar-refractivity contribution in [1.29, 1.82) is 0 Å². The molecule has 2 N–H and O–H groups in total. The van der Waals surface area contributed by atoms with Crippen LogP contribution in [0, 0.1) is 6.92 Å². The van der Waals surface area contributed by atoms with Gasteiger partial charge < -0.3 is 4.52 Å². The first-order valence-electron chi connectivity index (χ1n) is 10.1. The molecular weight excluding hydrogens is 478 g/mol. The molecule has 0 aliphatic rings. The van der Waals surface area contributed by atoms with E-state index in [2.05, 4.69) is 10.1 Å². The zero-order valence-corrected chi connectivity index (χ0v) is 20.1. The van der Waals surface area contributed by atoms with E-state index in [1.54, 1.807) is 26.0 Å². The Morgan fingerprint density at radius 1 is 1.12 bits per heavy atom. The van der Waals surface area contributed by atoms with Crippen LogP contribution in [0.3, 0.4) is 0 Å². The molecular formula is C22H21N5O5S2. The minimum absolute atomic E-state index is 0.00176. The van der Waals surface area contributed by atoms with Crippen LogP contribution in [0.25, 0.3) is 10.6 Å².